The number of nitrogens with one attached hydrogen (secondary N) is 1. The number of guanidine groups is 1. The van der Waals surface area contributed by atoms with Gasteiger partial charge in [0.25, 0.3) is 5.96 Å². The molecule has 1 rings (SSSR count). The Bertz CT molecular complexity index is 446. The standard InChI is InChI=1S/C9H9N5O2/c10-5-7-1-3-8(4-2-7)6-12-9(11)13-14(15)16/h1-4H,6H2,(H3,11,12,13). The van der Waals surface area contributed by atoms with Gasteiger partial charge in [-0.05, 0) is 17.7 Å². The number of nitrogens with zero attached hydrogens (tertiary/aromatic N) is 3. The molecule has 16 heavy (non-hydrogen) atoms. The molecule has 7 nitrogen and oxygen atoms in total. The lowest BCUT2D eigenvalue weighted by Gasteiger charge is -2.02. The van der Waals surface area contributed by atoms with Crippen molar-refractivity contribution < 1.29 is 5.03 Å². The van der Waals surface area contributed by atoms with Crippen LogP contribution in [-0.2, 0) is 6.54 Å². The third kappa shape index (κ3) is 3.63. The van der Waals surface area contributed by atoms with Crippen molar-refractivity contribution in [2.45, 2.75) is 6.54 Å². The average Bonchev–Trinajstić information content (AvgIpc) is 2.26. The van der Waals surface area contributed by atoms with E-state index in [4.69, 9.17) is 11.0 Å². The lowest BCUT2D eigenvalue weighted by Crippen LogP contribution is -2.31. The summed E-state index contributed by atoms with van der Waals surface area (Å²) in [7, 11) is 0. The molecule has 0 unspecified atom stereocenters. The minimum atomic E-state index is -0.874. The molecule has 0 aromatic heterocycles. The third-order valence-corrected chi connectivity index (χ3v) is 1.75. The molecule has 1 aromatic carbocycles. The molecule has 0 bridgehead atoms. The molecule has 0 saturated carbocycles. The van der Waals surface area contributed by atoms with Gasteiger partial charge in [0, 0.05) is 6.54 Å². The minimum Gasteiger partial charge on any atom is -0.365 e. The predicted octanol–water partition coefficient (Wildman–Crippen LogP) is 0.154. The van der Waals surface area contributed by atoms with Crippen LogP contribution in [0.3, 0.4) is 0 Å². The molecule has 0 radical (unpaired) electrons. The highest BCUT2D eigenvalue weighted by Gasteiger charge is 1.99. The molecule has 0 amide bonds. The van der Waals surface area contributed by atoms with Gasteiger partial charge in [0.2, 0.25) is 0 Å². The van der Waals surface area contributed by atoms with Crippen molar-refractivity contribution in [3.8, 4) is 6.07 Å². The molecule has 0 atom stereocenters. The normalized spacial score (nSPS) is 10.6. The van der Waals surface area contributed by atoms with Gasteiger partial charge in [-0.3, -0.25) is 0 Å². The van der Waals surface area contributed by atoms with Crippen molar-refractivity contribution in [2.75, 3.05) is 0 Å². The lowest BCUT2D eigenvalue weighted by molar-refractivity contribution is -0.485. The maximum Gasteiger partial charge on any atom is 0.266 e. The Hall–Kier alpha value is -2.62. The van der Waals surface area contributed by atoms with Crippen molar-refractivity contribution in [3.05, 3.63) is 45.5 Å². The van der Waals surface area contributed by atoms with Crippen LogP contribution in [0.2, 0.25) is 0 Å². The topological polar surface area (TPSA) is 117 Å². The summed E-state index contributed by atoms with van der Waals surface area (Å²) in [5, 5.41) is 23.1. The largest absolute Gasteiger partial charge is 0.365 e. The van der Waals surface area contributed by atoms with Crippen molar-refractivity contribution in [2.24, 2.45) is 10.8 Å². The predicted molar refractivity (Wildman–Crippen MR) is 56.6 cm³/mol. The Morgan fingerprint density at radius 1 is 1.56 bits per heavy atom. The second kappa shape index (κ2) is 5.31. The number of nitrogens with two attached hydrogens (primary N) is 1. The first kappa shape index (κ1) is 11.5. The van der Waals surface area contributed by atoms with Crippen LogP contribution in [-0.4, -0.2) is 11.0 Å². The Morgan fingerprint density at radius 2 is 2.19 bits per heavy atom. The molecule has 0 spiro atoms. The van der Waals surface area contributed by atoms with Crippen LogP contribution in [0.15, 0.2) is 29.4 Å². The summed E-state index contributed by atoms with van der Waals surface area (Å²) in [5.41, 5.74) is 6.62. The van der Waals surface area contributed by atoms with Crippen LogP contribution in [0.25, 0.3) is 0 Å². The van der Waals surface area contributed by atoms with Gasteiger partial charge in [-0.2, -0.15) is 5.26 Å². The van der Waals surface area contributed by atoms with Gasteiger partial charge in [0.1, 0.15) is 5.10 Å². The fourth-order valence-corrected chi connectivity index (χ4v) is 1.01. The van der Waals surface area contributed by atoms with Crippen molar-refractivity contribution in [1.29, 1.82) is 5.26 Å². The quantitative estimate of drug-likeness (QED) is 0.325. The van der Waals surface area contributed by atoms with Crippen LogP contribution in [0.1, 0.15) is 11.1 Å². The van der Waals surface area contributed by atoms with Crippen molar-refractivity contribution >= 4 is 5.96 Å². The fraction of sp³-hybridized carbons (Fsp3) is 0.111. The van der Waals surface area contributed by atoms with Gasteiger partial charge in [-0.15, -0.1) is 0 Å². The maximum absolute atomic E-state index is 9.97. The molecule has 0 saturated heterocycles. The van der Waals surface area contributed by atoms with Gasteiger partial charge in [-0.25, -0.2) is 10.1 Å². The molecule has 0 fully saturated rings. The number of hydrogen-bond acceptors (Lipinski definition) is 3. The zero-order valence-corrected chi connectivity index (χ0v) is 8.25. The van der Waals surface area contributed by atoms with E-state index >= 15 is 0 Å². The SMILES string of the molecule is N#Cc1ccc(CN/C(N)=N\[N+](=O)[O-])cc1. The van der Waals surface area contributed by atoms with E-state index in [-0.39, 0.29) is 5.96 Å². The van der Waals surface area contributed by atoms with Gasteiger partial charge in [0.15, 0.2) is 5.03 Å². The summed E-state index contributed by atoms with van der Waals surface area (Å²) in [6, 6.07) is 8.74. The molecular weight excluding hydrogens is 210 g/mol. The van der Waals surface area contributed by atoms with Crippen LogP contribution in [0, 0.1) is 21.4 Å². The van der Waals surface area contributed by atoms with E-state index in [0.29, 0.717) is 12.1 Å². The second-order valence-electron chi connectivity index (χ2n) is 2.89. The summed E-state index contributed by atoms with van der Waals surface area (Å²) in [4.78, 5) is 9.97. The highest BCUT2D eigenvalue weighted by molar-refractivity contribution is 5.77. The third-order valence-electron chi connectivity index (χ3n) is 1.75. The van der Waals surface area contributed by atoms with E-state index in [1.807, 2.05) is 6.07 Å². The number of nitro groups is 1. The molecule has 3 N–H and O–H groups in total. The minimum absolute atomic E-state index is 0.255. The van der Waals surface area contributed by atoms with E-state index in [9.17, 15) is 10.1 Å². The highest BCUT2D eigenvalue weighted by Crippen LogP contribution is 2.02. The van der Waals surface area contributed by atoms with Gasteiger partial charge < -0.3 is 11.1 Å². The van der Waals surface area contributed by atoms with Crippen LogP contribution in [0.5, 0.6) is 0 Å². The van der Waals surface area contributed by atoms with Crippen molar-refractivity contribution in [1.82, 2.24) is 5.32 Å². The van der Waals surface area contributed by atoms with Crippen LogP contribution >= 0.6 is 0 Å². The molecule has 0 aliphatic carbocycles. The summed E-state index contributed by atoms with van der Waals surface area (Å²) < 4.78 is 0. The number of rotatable bonds is 3. The van der Waals surface area contributed by atoms with Gasteiger partial charge >= 0.3 is 0 Å². The van der Waals surface area contributed by atoms with Crippen LogP contribution in [0.4, 0.5) is 0 Å². The van der Waals surface area contributed by atoms with Gasteiger partial charge in [-0.1, -0.05) is 12.1 Å². The molecule has 0 heterocycles. The Labute approximate surface area is 91.3 Å². The van der Waals surface area contributed by atoms with Gasteiger partial charge in [0.05, 0.1) is 11.6 Å². The average molecular weight is 219 g/mol. The van der Waals surface area contributed by atoms with E-state index < -0.39 is 5.03 Å². The molecule has 7 heteroatoms. The molecule has 1 aromatic rings. The fourth-order valence-electron chi connectivity index (χ4n) is 1.01. The maximum atomic E-state index is 9.97. The zero-order chi connectivity index (χ0) is 12.0. The molecule has 82 valence electrons. The number of nitriles is 1. The first-order valence-corrected chi connectivity index (χ1v) is 4.33. The zero-order valence-electron chi connectivity index (χ0n) is 8.25. The summed E-state index contributed by atoms with van der Waals surface area (Å²) in [5.74, 6) is -0.255. The summed E-state index contributed by atoms with van der Waals surface area (Å²) in [6.07, 6.45) is 0. The first-order valence-electron chi connectivity index (χ1n) is 4.33. The number of benzene rings is 1. The number of hydrogen-bond donors (Lipinski definition) is 2. The Kier molecular flexibility index (Phi) is 3.80. The highest BCUT2D eigenvalue weighted by atomic mass is 16.7. The number of hydrazone groups is 1. The molecular formula is C9H9N5O2. The van der Waals surface area contributed by atoms with Crippen molar-refractivity contribution in [3.63, 3.8) is 0 Å². The summed E-state index contributed by atoms with van der Waals surface area (Å²) in [6.45, 7) is 0.314. The first-order chi connectivity index (χ1) is 7.61. The Balaban J connectivity index is 2.55. The van der Waals surface area contributed by atoms with E-state index in [1.54, 1.807) is 24.3 Å². The molecule has 0 aliphatic heterocycles. The monoisotopic (exact) mass is 219 g/mol. The second-order valence-corrected chi connectivity index (χ2v) is 2.89. The molecule has 0 aliphatic rings. The summed E-state index contributed by atoms with van der Waals surface area (Å²) >= 11 is 0. The smallest absolute Gasteiger partial charge is 0.266 e. The van der Waals surface area contributed by atoms with Crippen LogP contribution < -0.4 is 11.1 Å². The van der Waals surface area contributed by atoms with E-state index in [0.717, 1.165) is 5.56 Å². The lowest BCUT2D eigenvalue weighted by atomic mass is 10.1. The van der Waals surface area contributed by atoms with E-state index in [2.05, 4.69) is 10.4 Å². The van der Waals surface area contributed by atoms with E-state index in [1.165, 1.54) is 0 Å². The Morgan fingerprint density at radius 3 is 2.69 bits per heavy atom.